The highest BCUT2D eigenvalue weighted by molar-refractivity contribution is 5.89. The standard InChI is InChI=1S/C15H24O6/c1-5-9-19-10-12(16)11-20-14(18)8-7-13(17)15(3,4)21-6-2/h1,12,16H,6-11H2,2-4H3. The van der Waals surface area contributed by atoms with Gasteiger partial charge in [0, 0.05) is 13.0 Å². The Morgan fingerprint density at radius 1 is 1.29 bits per heavy atom. The normalized spacial score (nSPS) is 12.5. The molecule has 0 fully saturated rings. The second-order valence-corrected chi connectivity index (χ2v) is 4.92. The molecule has 1 unspecified atom stereocenters. The first-order chi connectivity index (χ1) is 9.83. The van der Waals surface area contributed by atoms with Crippen molar-refractivity contribution in [3.63, 3.8) is 0 Å². The second-order valence-electron chi connectivity index (χ2n) is 4.92. The van der Waals surface area contributed by atoms with Gasteiger partial charge < -0.3 is 19.3 Å². The van der Waals surface area contributed by atoms with Crippen molar-refractivity contribution < 1.29 is 28.9 Å². The number of carbonyl (C=O) groups excluding carboxylic acids is 2. The summed E-state index contributed by atoms with van der Waals surface area (Å²) < 4.78 is 15.0. The van der Waals surface area contributed by atoms with Crippen molar-refractivity contribution in [1.29, 1.82) is 0 Å². The van der Waals surface area contributed by atoms with Crippen molar-refractivity contribution in [1.82, 2.24) is 0 Å². The molecule has 0 bridgehead atoms. The molecule has 0 aliphatic heterocycles. The van der Waals surface area contributed by atoms with Gasteiger partial charge in [0.25, 0.3) is 0 Å². The van der Waals surface area contributed by atoms with E-state index in [9.17, 15) is 14.7 Å². The van der Waals surface area contributed by atoms with E-state index >= 15 is 0 Å². The molecule has 0 aliphatic carbocycles. The lowest BCUT2D eigenvalue weighted by molar-refractivity contribution is -0.150. The molecular formula is C15H24O6. The Hall–Kier alpha value is -1.42. The van der Waals surface area contributed by atoms with Crippen LogP contribution in [0, 0.1) is 12.3 Å². The monoisotopic (exact) mass is 300 g/mol. The topological polar surface area (TPSA) is 82.1 Å². The van der Waals surface area contributed by atoms with Crippen molar-refractivity contribution >= 4 is 11.8 Å². The lowest BCUT2D eigenvalue weighted by Gasteiger charge is -2.22. The molecule has 0 aromatic carbocycles. The number of ether oxygens (including phenoxy) is 3. The van der Waals surface area contributed by atoms with E-state index in [0.29, 0.717) is 6.61 Å². The molecule has 120 valence electrons. The van der Waals surface area contributed by atoms with E-state index in [0.717, 1.165) is 0 Å². The maximum absolute atomic E-state index is 11.9. The fourth-order valence-electron chi connectivity index (χ4n) is 1.52. The fourth-order valence-corrected chi connectivity index (χ4v) is 1.52. The lowest BCUT2D eigenvalue weighted by atomic mass is 9.99. The van der Waals surface area contributed by atoms with Crippen LogP contribution in [0.4, 0.5) is 0 Å². The summed E-state index contributed by atoms with van der Waals surface area (Å²) in [5.74, 6) is 1.54. The van der Waals surface area contributed by atoms with Crippen LogP contribution in [0.25, 0.3) is 0 Å². The molecule has 21 heavy (non-hydrogen) atoms. The molecule has 0 amide bonds. The van der Waals surface area contributed by atoms with Crippen LogP contribution >= 0.6 is 0 Å². The van der Waals surface area contributed by atoms with Gasteiger partial charge in [-0.2, -0.15) is 0 Å². The molecule has 0 saturated heterocycles. The maximum Gasteiger partial charge on any atom is 0.306 e. The Bertz CT molecular complexity index is 369. The number of rotatable bonds is 11. The van der Waals surface area contributed by atoms with Crippen molar-refractivity contribution in [2.75, 3.05) is 26.4 Å². The van der Waals surface area contributed by atoms with E-state index in [1.165, 1.54) is 0 Å². The zero-order valence-corrected chi connectivity index (χ0v) is 12.9. The molecule has 0 aliphatic rings. The zero-order chi connectivity index (χ0) is 16.3. The van der Waals surface area contributed by atoms with Crippen molar-refractivity contribution in [3.8, 4) is 12.3 Å². The Balaban J connectivity index is 3.90. The summed E-state index contributed by atoms with van der Waals surface area (Å²) in [7, 11) is 0. The first kappa shape index (κ1) is 19.6. The molecular weight excluding hydrogens is 276 g/mol. The molecule has 0 rings (SSSR count). The third kappa shape index (κ3) is 9.19. The minimum absolute atomic E-state index is 0.00617. The highest BCUT2D eigenvalue weighted by Crippen LogP contribution is 2.14. The Morgan fingerprint density at radius 2 is 1.95 bits per heavy atom. The van der Waals surface area contributed by atoms with Gasteiger partial charge in [-0.1, -0.05) is 5.92 Å². The number of aliphatic hydroxyl groups is 1. The van der Waals surface area contributed by atoms with Gasteiger partial charge in [-0.25, -0.2) is 0 Å². The van der Waals surface area contributed by atoms with Crippen LogP contribution in [0.5, 0.6) is 0 Å². The SMILES string of the molecule is C#CCOCC(O)COC(=O)CCC(=O)C(C)(C)OCC. The smallest absolute Gasteiger partial charge is 0.306 e. The van der Waals surface area contributed by atoms with Gasteiger partial charge in [-0.05, 0) is 20.8 Å². The van der Waals surface area contributed by atoms with Crippen LogP contribution in [0.1, 0.15) is 33.6 Å². The number of esters is 1. The van der Waals surface area contributed by atoms with Crippen molar-refractivity contribution in [3.05, 3.63) is 0 Å². The highest BCUT2D eigenvalue weighted by Gasteiger charge is 2.27. The molecule has 0 spiro atoms. The van der Waals surface area contributed by atoms with Gasteiger partial charge in [0.2, 0.25) is 0 Å². The number of ketones is 1. The van der Waals surface area contributed by atoms with Crippen LogP contribution in [-0.4, -0.2) is 55.0 Å². The van der Waals surface area contributed by atoms with Gasteiger partial charge in [0.15, 0.2) is 5.78 Å². The van der Waals surface area contributed by atoms with Gasteiger partial charge >= 0.3 is 5.97 Å². The summed E-state index contributed by atoms with van der Waals surface area (Å²) in [5, 5.41) is 9.44. The van der Waals surface area contributed by atoms with E-state index in [1.807, 2.05) is 0 Å². The Kier molecular flexibility index (Phi) is 9.63. The van der Waals surface area contributed by atoms with Crippen LogP contribution < -0.4 is 0 Å². The molecule has 0 aromatic rings. The summed E-state index contributed by atoms with van der Waals surface area (Å²) in [5.41, 5.74) is -0.905. The third-order valence-corrected chi connectivity index (χ3v) is 2.67. The molecule has 1 atom stereocenters. The zero-order valence-electron chi connectivity index (χ0n) is 12.9. The minimum Gasteiger partial charge on any atom is -0.463 e. The summed E-state index contributed by atoms with van der Waals surface area (Å²) >= 11 is 0. The average molecular weight is 300 g/mol. The van der Waals surface area contributed by atoms with Gasteiger partial charge in [-0.15, -0.1) is 6.42 Å². The predicted molar refractivity (Wildman–Crippen MR) is 76.6 cm³/mol. The lowest BCUT2D eigenvalue weighted by Crippen LogP contribution is -2.35. The molecule has 1 N–H and O–H groups in total. The van der Waals surface area contributed by atoms with E-state index < -0.39 is 17.7 Å². The second kappa shape index (κ2) is 10.3. The quantitative estimate of drug-likeness (QED) is 0.344. The average Bonchev–Trinajstić information content (AvgIpc) is 2.42. The van der Waals surface area contributed by atoms with Crippen LogP contribution in [0.2, 0.25) is 0 Å². The van der Waals surface area contributed by atoms with Crippen molar-refractivity contribution in [2.24, 2.45) is 0 Å². The number of carbonyl (C=O) groups is 2. The first-order valence-corrected chi connectivity index (χ1v) is 6.85. The van der Waals surface area contributed by atoms with Crippen LogP contribution in [0.15, 0.2) is 0 Å². The summed E-state index contributed by atoms with van der Waals surface area (Å²) in [6.45, 7) is 5.44. The van der Waals surface area contributed by atoms with Gasteiger partial charge in [0.1, 0.15) is 24.9 Å². The number of hydrogen-bond donors (Lipinski definition) is 1. The molecule has 6 nitrogen and oxygen atoms in total. The van der Waals surface area contributed by atoms with Crippen LogP contribution in [-0.2, 0) is 23.8 Å². The Morgan fingerprint density at radius 3 is 2.52 bits per heavy atom. The molecule has 6 heteroatoms. The third-order valence-electron chi connectivity index (χ3n) is 2.67. The molecule has 0 radical (unpaired) electrons. The first-order valence-electron chi connectivity index (χ1n) is 6.85. The summed E-state index contributed by atoms with van der Waals surface area (Å²) in [4.78, 5) is 23.3. The highest BCUT2D eigenvalue weighted by atomic mass is 16.5. The number of aliphatic hydroxyl groups excluding tert-OH is 1. The molecule has 0 saturated carbocycles. The van der Waals surface area contributed by atoms with E-state index in [2.05, 4.69) is 5.92 Å². The number of hydrogen-bond acceptors (Lipinski definition) is 6. The molecule has 0 aromatic heterocycles. The summed E-state index contributed by atoms with van der Waals surface area (Å²) in [6, 6.07) is 0. The van der Waals surface area contributed by atoms with Crippen molar-refractivity contribution in [2.45, 2.75) is 45.3 Å². The molecule has 0 heterocycles. The van der Waals surface area contributed by atoms with E-state index in [4.69, 9.17) is 20.6 Å². The Labute approximate surface area is 125 Å². The predicted octanol–water partition coefficient (Wildman–Crippen LogP) is 0.705. The number of Topliss-reactive ketones (excluding diaryl/α,β-unsaturated/α-hetero) is 1. The maximum atomic E-state index is 11.9. The van der Waals surface area contributed by atoms with Gasteiger partial charge in [0.05, 0.1) is 13.0 Å². The summed E-state index contributed by atoms with van der Waals surface area (Å²) in [6.07, 6.45) is 4.03. The van der Waals surface area contributed by atoms with E-state index in [1.54, 1.807) is 20.8 Å². The minimum atomic E-state index is -0.933. The van der Waals surface area contributed by atoms with Crippen LogP contribution in [0.3, 0.4) is 0 Å². The van der Waals surface area contributed by atoms with Gasteiger partial charge in [-0.3, -0.25) is 9.59 Å². The largest absolute Gasteiger partial charge is 0.463 e. The number of terminal acetylenes is 1. The fraction of sp³-hybridized carbons (Fsp3) is 0.733. The van der Waals surface area contributed by atoms with E-state index in [-0.39, 0.29) is 38.4 Å².